The van der Waals surface area contributed by atoms with E-state index in [4.69, 9.17) is 27.9 Å². The highest BCUT2D eigenvalue weighted by atomic mass is 79.9. The van der Waals surface area contributed by atoms with Gasteiger partial charge in [-0.2, -0.15) is 0 Å². The number of amides is 1. The van der Waals surface area contributed by atoms with Crippen LogP contribution in [0.3, 0.4) is 0 Å². The molecule has 8 heteroatoms. The molecule has 0 bridgehead atoms. The Kier molecular flexibility index (Phi) is 14.1. The molecule has 0 N–H and O–H groups in total. The lowest BCUT2D eigenvalue weighted by atomic mass is 9.66. The molecule has 0 radical (unpaired) electrons. The molecule has 0 spiro atoms. The number of rotatable bonds is 8. The van der Waals surface area contributed by atoms with Crippen molar-refractivity contribution < 1.29 is 9.53 Å². The summed E-state index contributed by atoms with van der Waals surface area (Å²) in [7, 11) is 2.20. The van der Waals surface area contributed by atoms with E-state index in [1.165, 1.54) is 16.7 Å². The van der Waals surface area contributed by atoms with Gasteiger partial charge in [-0.3, -0.25) is 0 Å². The molecular formula is C38H46Br2Cl2N2O2. The van der Waals surface area contributed by atoms with Crippen LogP contribution in [0.5, 0.6) is 0 Å². The standard InChI is InChI=1S/C20H23BrClNO2.C18H23BrClN/c1-2-25-19(24)23-13-11-20(12-14-23,15-3-7-17(21)8-4-15)16-5-9-18(22)10-6-16;1-3-16(19)5-4-10-18(11-13-21(2)14-12-18)15-6-8-17(20)9-7-15/h3-7,9-10,17H,2,8,11-14H2,1H3;3-4,6-10,16H,1,5,11-14H2,2H3/b;10-4+. The highest BCUT2D eigenvalue weighted by molar-refractivity contribution is 9.09. The van der Waals surface area contributed by atoms with Crippen LogP contribution in [0.25, 0.3) is 0 Å². The molecule has 46 heavy (non-hydrogen) atoms. The zero-order valence-corrected chi connectivity index (χ0v) is 31.6. The van der Waals surface area contributed by atoms with Gasteiger partial charge in [-0.15, -0.1) is 6.58 Å². The van der Waals surface area contributed by atoms with Gasteiger partial charge < -0.3 is 14.5 Å². The second-order valence-electron chi connectivity index (χ2n) is 12.4. The number of carbonyl (C=O) groups excluding carboxylic acids is 1. The van der Waals surface area contributed by atoms with Crippen molar-refractivity contribution in [2.45, 2.75) is 65.9 Å². The highest BCUT2D eigenvalue weighted by Gasteiger charge is 2.40. The molecule has 0 aromatic heterocycles. The van der Waals surface area contributed by atoms with Crippen LogP contribution in [-0.2, 0) is 15.6 Å². The van der Waals surface area contributed by atoms with E-state index in [-0.39, 0.29) is 16.9 Å². The number of hydrogen-bond donors (Lipinski definition) is 0. The summed E-state index contributed by atoms with van der Waals surface area (Å²) in [5.74, 6) is 0. The van der Waals surface area contributed by atoms with E-state index in [9.17, 15) is 4.79 Å². The maximum Gasteiger partial charge on any atom is 0.409 e. The summed E-state index contributed by atoms with van der Waals surface area (Å²) in [5.41, 5.74) is 4.06. The minimum atomic E-state index is -0.208. The SMILES string of the molecule is C=CC(Br)C/C=C/C1(c2ccc(Cl)cc2)CCN(C)CC1.CCOC(=O)N1CCC(C2=CCC(Br)C=C2)(c2ccc(Cl)cc2)CC1. The lowest BCUT2D eigenvalue weighted by Crippen LogP contribution is -2.46. The predicted molar refractivity (Wildman–Crippen MR) is 202 cm³/mol. The first-order valence-corrected chi connectivity index (χ1v) is 18.8. The van der Waals surface area contributed by atoms with Gasteiger partial charge in [-0.1, -0.05) is 116 Å². The predicted octanol–water partition coefficient (Wildman–Crippen LogP) is 10.7. The van der Waals surface area contributed by atoms with Crippen molar-refractivity contribution in [3.8, 4) is 0 Å². The molecule has 2 aromatic rings. The van der Waals surface area contributed by atoms with Crippen molar-refractivity contribution in [3.05, 3.63) is 118 Å². The number of benzene rings is 2. The van der Waals surface area contributed by atoms with Crippen molar-refractivity contribution in [1.82, 2.24) is 9.80 Å². The van der Waals surface area contributed by atoms with E-state index < -0.39 is 0 Å². The van der Waals surface area contributed by atoms with Crippen LogP contribution in [0, 0.1) is 0 Å². The Morgan fingerprint density at radius 2 is 1.59 bits per heavy atom. The molecule has 2 heterocycles. The van der Waals surface area contributed by atoms with E-state index in [2.05, 4.69) is 105 Å². The van der Waals surface area contributed by atoms with Gasteiger partial charge in [-0.25, -0.2) is 4.79 Å². The second-order valence-corrected chi connectivity index (χ2v) is 15.6. The molecule has 1 aliphatic carbocycles. The Morgan fingerprint density at radius 3 is 2.11 bits per heavy atom. The smallest absolute Gasteiger partial charge is 0.409 e. The number of alkyl halides is 2. The fraction of sp³-hybridized carbons (Fsp3) is 0.447. The Labute approximate surface area is 302 Å². The molecule has 3 aliphatic rings. The fourth-order valence-corrected chi connectivity index (χ4v) is 7.43. The van der Waals surface area contributed by atoms with Gasteiger partial charge in [0.25, 0.3) is 0 Å². The number of piperidine rings is 2. The Bertz CT molecular complexity index is 1370. The van der Waals surface area contributed by atoms with E-state index >= 15 is 0 Å². The summed E-state index contributed by atoms with van der Waals surface area (Å²) in [6.45, 7) is 9.74. The number of carbonyl (C=O) groups is 1. The lowest BCUT2D eigenvalue weighted by molar-refractivity contribution is 0.0906. The topological polar surface area (TPSA) is 32.8 Å². The summed E-state index contributed by atoms with van der Waals surface area (Å²) in [6, 6.07) is 16.5. The monoisotopic (exact) mass is 790 g/mol. The molecule has 2 fully saturated rings. The first-order valence-electron chi connectivity index (χ1n) is 16.2. The summed E-state index contributed by atoms with van der Waals surface area (Å²) in [5, 5.41) is 1.55. The molecule has 2 aliphatic heterocycles. The van der Waals surface area contributed by atoms with E-state index in [0.29, 0.717) is 29.4 Å². The van der Waals surface area contributed by atoms with Crippen LogP contribution in [0.4, 0.5) is 4.79 Å². The van der Waals surface area contributed by atoms with E-state index in [0.717, 1.165) is 61.7 Å². The van der Waals surface area contributed by atoms with Crippen molar-refractivity contribution in [3.63, 3.8) is 0 Å². The highest BCUT2D eigenvalue weighted by Crippen LogP contribution is 2.44. The molecule has 4 nitrogen and oxygen atoms in total. The third-order valence-electron chi connectivity index (χ3n) is 9.49. The summed E-state index contributed by atoms with van der Waals surface area (Å²) >= 11 is 19.4. The Hall–Kier alpha value is -1.83. The molecule has 2 saturated heterocycles. The van der Waals surface area contributed by atoms with Crippen LogP contribution < -0.4 is 0 Å². The molecule has 248 valence electrons. The van der Waals surface area contributed by atoms with Crippen LogP contribution >= 0.6 is 55.1 Å². The maximum absolute atomic E-state index is 12.1. The largest absolute Gasteiger partial charge is 0.450 e. The normalized spacial score (nSPS) is 21.6. The zero-order chi connectivity index (χ0) is 33.2. The zero-order valence-electron chi connectivity index (χ0n) is 26.9. The summed E-state index contributed by atoms with van der Waals surface area (Å²) < 4.78 is 5.17. The van der Waals surface area contributed by atoms with Crippen molar-refractivity contribution in [2.75, 3.05) is 39.8 Å². The molecule has 2 aromatic carbocycles. The number of allylic oxidation sites excluding steroid dienone is 7. The Morgan fingerprint density at radius 1 is 1.00 bits per heavy atom. The molecule has 2 atom stereocenters. The van der Waals surface area contributed by atoms with Gasteiger partial charge in [0.2, 0.25) is 0 Å². The van der Waals surface area contributed by atoms with E-state index in [1.54, 1.807) is 0 Å². The van der Waals surface area contributed by atoms with Gasteiger partial charge in [0, 0.05) is 43.6 Å². The van der Waals surface area contributed by atoms with Gasteiger partial charge in [0.15, 0.2) is 0 Å². The molecule has 1 amide bonds. The summed E-state index contributed by atoms with van der Waals surface area (Å²) in [4.78, 5) is 17.0. The van der Waals surface area contributed by atoms with Crippen molar-refractivity contribution >= 4 is 61.2 Å². The quantitative estimate of drug-likeness (QED) is 0.197. The average molecular weight is 794 g/mol. The maximum atomic E-state index is 12.1. The van der Waals surface area contributed by atoms with Crippen LogP contribution in [0.15, 0.2) is 97.1 Å². The van der Waals surface area contributed by atoms with E-state index in [1.807, 2.05) is 42.2 Å². The van der Waals surface area contributed by atoms with Gasteiger partial charge >= 0.3 is 6.09 Å². The minimum Gasteiger partial charge on any atom is -0.450 e. The summed E-state index contributed by atoms with van der Waals surface area (Å²) in [6.07, 6.45) is 19.3. The fourth-order valence-electron chi connectivity index (χ4n) is 6.62. The second kappa shape index (κ2) is 17.5. The van der Waals surface area contributed by atoms with Gasteiger partial charge in [0.1, 0.15) is 0 Å². The van der Waals surface area contributed by atoms with Crippen molar-refractivity contribution in [1.29, 1.82) is 0 Å². The first-order chi connectivity index (χ1) is 22.1. The van der Waals surface area contributed by atoms with Crippen LogP contribution in [0.1, 0.15) is 56.6 Å². The third kappa shape index (κ3) is 9.63. The third-order valence-corrected chi connectivity index (χ3v) is 11.4. The molecular weight excluding hydrogens is 747 g/mol. The van der Waals surface area contributed by atoms with Crippen LogP contribution in [-0.4, -0.2) is 65.4 Å². The molecule has 5 rings (SSSR count). The Balaban J connectivity index is 0.000000212. The number of likely N-dealkylation sites (tertiary alicyclic amines) is 2. The average Bonchev–Trinajstić information content (AvgIpc) is 3.07. The molecule has 2 unspecified atom stereocenters. The first kappa shape index (κ1) is 37.0. The lowest BCUT2D eigenvalue weighted by Gasteiger charge is -2.43. The minimum absolute atomic E-state index is 0.0722. The number of ether oxygens (including phenoxy) is 1. The van der Waals surface area contributed by atoms with Gasteiger partial charge in [-0.05, 0) is 107 Å². The molecule has 0 saturated carbocycles. The van der Waals surface area contributed by atoms with Gasteiger partial charge in [0.05, 0.1) is 6.61 Å². The van der Waals surface area contributed by atoms with Crippen molar-refractivity contribution in [2.24, 2.45) is 0 Å². The number of nitrogens with zero attached hydrogens (tertiary/aromatic N) is 2. The number of halogens is 4. The van der Waals surface area contributed by atoms with Crippen LogP contribution in [0.2, 0.25) is 10.0 Å². The number of hydrogen-bond acceptors (Lipinski definition) is 3.